The van der Waals surface area contributed by atoms with Gasteiger partial charge >= 0.3 is 5.97 Å². The number of hydrogen-bond donors (Lipinski definition) is 0. The fourth-order valence-electron chi connectivity index (χ4n) is 2.69. The Morgan fingerprint density at radius 2 is 1.28 bits per heavy atom. The number of benzene rings is 1. The maximum atomic E-state index is 11.7. The SMILES string of the molecule is COCOCCCCCCCCCCCCOC(=O)c1ccccc1. The Balaban J connectivity index is 1.78. The van der Waals surface area contributed by atoms with Gasteiger partial charge in [-0.1, -0.05) is 69.6 Å². The molecule has 0 saturated heterocycles. The van der Waals surface area contributed by atoms with Gasteiger partial charge in [-0.05, 0) is 25.0 Å². The van der Waals surface area contributed by atoms with Crippen molar-refractivity contribution < 1.29 is 19.0 Å². The molecule has 0 bridgehead atoms. The average Bonchev–Trinajstić information content (AvgIpc) is 2.65. The van der Waals surface area contributed by atoms with E-state index in [9.17, 15) is 4.79 Å². The van der Waals surface area contributed by atoms with Gasteiger partial charge in [0.15, 0.2) is 0 Å². The number of hydrogen-bond acceptors (Lipinski definition) is 4. The fourth-order valence-corrected chi connectivity index (χ4v) is 2.69. The van der Waals surface area contributed by atoms with E-state index >= 15 is 0 Å². The first kappa shape index (κ1) is 21.7. The zero-order valence-electron chi connectivity index (χ0n) is 15.7. The summed E-state index contributed by atoms with van der Waals surface area (Å²) in [5, 5.41) is 0. The second-order valence-corrected chi connectivity index (χ2v) is 6.35. The van der Waals surface area contributed by atoms with Crippen molar-refractivity contribution in [1.82, 2.24) is 0 Å². The van der Waals surface area contributed by atoms with E-state index in [4.69, 9.17) is 14.2 Å². The van der Waals surface area contributed by atoms with Crippen molar-refractivity contribution in [2.45, 2.75) is 64.2 Å². The highest BCUT2D eigenvalue weighted by atomic mass is 16.7. The first-order valence-corrected chi connectivity index (χ1v) is 9.63. The predicted molar refractivity (Wildman–Crippen MR) is 101 cm³/mol. The van der Waals surface area contributed by atoms with Gasteiger partial charge in [-0.2, -0.15) is 0 Å². The maximum absolute atomic E-state index is 11.7. The molecule has 0 unspecified atom stereocenters. The molecule has 25 heavy (non-hydrogen) atoms. The van der Waals surface area contributed by atoms with Crippen LogP contribution < -0.4 is 0 Å². The Kier molecular flexibility index (Phi) is 13.9. The molecule has 0 amide bonds. The van der Waals surface area contributed by atoms with Crippen LogP contribution in [0.4, 0.5) is 0 Å². The highest BCUT2D eigenvalue weighted by molar-refractivity contribution is 5.89. The third-order valence-electron chi connectivity index (χ3n) is 4.13. The molecule has 0 N–H and O–H groups in total. The lowest BCUT2D eigenvalue weighted by molar-refractivity contribution is -0.0315. The minimum Gasteiger partial charge on any atom is -0.462 e. The molecule has 0 aliphatic carbocycles. The summed E-state index contributed by atoms with van der Waals surface area (Å²) in [6.07, 6.45) is 12.2. The number of methoxy groups -OCH3 is 1. The molecule has 1 rings (SSSR count). The summed E-state index contributed by atoms with van der Waals surface area (Å²) in [6, 6.07) is 9.18. The van der Waals surface area contributed by atoms with Gasteiger partial charge in [-0.25, -0.2) is 4.79 Å². The van der Waals surface area contributed by atoms with Crippen LogP contribution in [0, 0.1) is 0 Å². The molecular formula is C21H34O4. The molecule has 1 aromatic rings. The molecular weight excluding hydrogens is 316 g/mol. The molecule has 0 radical (unpaired) electrons. The molecule has 1 aromatic carbocycles. The van der Waals surface area contributed by atoms with Crippen molar-refractivity contribution in [3.05, 3.63) is 35.9 Å². The smallest absolute Gasteiger partial charge is 0.338 e. The van der Waals surface area contributed by atoms with E-state index in [1.165, 1.54) is 44.9 Å². The Hall–Kier alpha value is -1.39. The zero-order valence-corrected chi connectivity index (χ0v) is 15.7. The first-order chi connectivity index (χ1) is 12.3. The van der Waals surface area contributed by atoms with Crippen molar-refractivity contribution in [3.63, 3.8) is 0 Å². The summed E-state index contributed by atoms with van der Waals surface area (Å²) in [5.41, 5.74) is 0.632. The summed E-state index contributed by atoms with van der Waals surface area (Å²) >= 11 is 0. The summed E-state index contributed by atoms with van der Waals surface area (Å²) in [5.74, 6) is -0.215. The van der Waals surface area contributed by atoms with Crippen molar-refractivity contribution in [1.29, 1.82) is 0 Å². The van der Waals surface area contributed by atoms with Crippen molar-refractivity contribution in [3.8, 4) is 0 Å². The number of unbranched alkanes of at least 4 members (excludes halogenated alkanes) is 9. The van der Waals surface area contributed by atoms with Crippen LogP contribution in [-0.4, -0.2) is 33.1 Å². The highest BCUT2D eigenvalue weighted by Gasteiger charge is 2.04. The summed E-state index contributed by atoms with van der Waals surface area (Å²) < 4.78 is 15.4. The third kappa shape index (κ3) is 12.6. The monoisotopic (exact) mass is 350 g/mol. The van der Waals surface area contributed by atoms with Crippen LogP contribution in [-0.2, 0) is 14.2 Å². The van der Waals surface area contributed by atoms with Crippen molar-refractivity contribution >= 4 is 5.97 Å². The minimum absolute atomic E-state index is 0.215. The normalized spacial score (nSPS) is 10.8. The van der Waals surface area contributed by atoms with Crippen LogP contribution in [0.1, 0.15) is 74.6 Å². The van der Waals surface area contributed by atoms with Gasteiger partial charge in [0.25, 0.3) is 0 Å². The van der Waals surface area contributed by atoms with E-state index in [1.807, 2.05) is 18.2 Å². The standard InChI is InChI=1S/C21H34O4/c1-23-19-24-17-13-8-6-4-2-3-5-7-9-14-18-25-21(22)20-15-11-10-12-16-20/h10-12,15-16H,2-9,13-14,17-19H2,1H3. The average molecular weight is 350 g/mol. The third-order valence-corrected chi connectivity index (χ3v) is 4.13. The number of carbonyl (C=O) groups excluding carboxylic acids is 1. The second-order valence-electron chi connectivity index (χ2n) is 6.35. The lowest BCUT2D eigenvalue weighted by Gasteiger charge is -2.05. The van der Waals surface area contributed by atoms with Gasteiger partial charge < -0.3 is 14.2 Å². The molecule has 0 heterocycles. The lowest BCUT2D eigenvalue weighted by Crippen LogP contribution is -2.06. The van der Waals surface area contributed by atoms with Crippen LogP contribution in [0.25, 0.3) is 0 Å². The highest BCUT2D eigenvalue weighted by Crippen LogP contribution is 2.11. The molecule has 0 aromatic heterocycles. The maximum Gasteiger partial charge on any atom is 0.338 e. The molecule has 142 valence electrons. The van der Waals surface area contributed by atoms with Gasteiger partial charge in [0.1, 0.15) is 6.79 Å². The van der Waals surface area contributed by atoms with Gasteiger partial charge in [0.2, 0.25) is 0 Å². The van der Waals surface area contributed by atoms with E-state index in [1.54, 1.807) is 19.2 Å². The molecule has 0 fully saturated rings. The molecule has 0 spiro atoms. The first-order valence-electron chi connectivity index (χ1n) is 9.63. The molecule has 0 aliphatic heterocycles. The van der Waals surface area contributed by atoms with E-state index in [0.717, 1.165) is 25.9 Å². The Labute approximate surface area is 152 Å². The Bertz CT molecular complexity index is 419. The number of ether oxygens (including phenoxy) is 3. The van der Waals surface area contributed by atoms with E-state index < -0.39 is 0 Å². The number of carbonyl (C=O) groups is 1. The largest absolute Gasteiger partial charge is 0.462 e. The second kappa shape index (κ2) is 16.1. The van der Waals surface area contributed by atoms with Crippen LogP contribution in [0.5, 0.6) is 0 Å². The van der Waals surface area contributed by atoms with Crippen LogP contribution in [0.2, 0.25) is 0 Å². The van der Waals surface area contributed by atoms with Crippen LogP contribution >= 0.6 is 0 Å². The van der Waals surface area contributed by atoms with E-state index in [2.05, 4.69) is 0 Å². The van der Waals surface area contributed by atoms with Gasteiger partial charge in [0, 0.05) is 13.7 Å². The predicted octanol–water partition coefficient (Wildman–Crippen LogP) is 5.36. The Morgan fingerprint density at radius 1 is 0.760 bits per heavy atom. The van der Waals surface area contributed by atoms with Crippen molar-refractivity contribution in [2.75, 3.05) is 27.1 Å². The summed E-state index contributed by atoms with van der Waals surface area (Å²) in [4.78, 5) is 11.7. The Morgan fingerprint density at radius 3 is 1.84 bits per heavy atom. The lowest BCUT2D eigenvalue weighted by atomic mass is 10.1. The van der Waals surface area contributed by atoms with E-state index in [0.29, 0.717) is 19.0 Å². The van der Waals surface area contributed by atoms with E-state index in [-0.39, 0.29) is 5.97 Å². The van der Waals surface area contributed by atoms with Crippen molar-refractivity contribution in [2.24, 2.45) is 0 Å². The molecule has 4 heteroatoms. The van der Waals surface area contributed by atoms with Crippen LogP contribution in [0.15, 0.2) is 30.3 Å². The van der Waals surface area contributed by atoms with Gasteiger partial charge in [-0.3, -0.25) is 0 Å². The van der Waals surface area contributed by atoms with Crippen LogP contribution in [0.3, 0.4) is 0 Å². The molecule has 4 nitrogen and oxygen atoms in total. The quantitative estimate of drug-likeness (QED) is 0.228. The topological polar surface area (TPSA) is 44.8 Å². The van der Waals surface area contributed by atoms with Gasteiger partial charge in [-0.15, -0.1) is 0 Å². The molecule has 0 aliphatic rings. The number of rotatable bonds is 16. The summed E-state index contributed by atoms with van der Waals surface area (Å²) in [6.45, 7) is 1.74. The molecule has 0 atom stereocenters. The molecule has 0 saturated carbocycles. The fraction of sp³-hybridized carbons (Fsp3) is 0.667. The minimum atomic E-state index is -0.215. The van der Waals surface area contributed by atoms with Gasteiger partial charge in [0.05, 0.1) is 12.2 Å². The zero-order chi connectivity index (χ0) is 18.0. The summed E-state index contributed by atoms with van der Waals surface area (Å²) in [7, 11) is 1.65. The number of esters is 1.